The van der Waals surface area contributed by atoms with Gasteiger partial charge in [0, 0.05) is 55.5 Å². The van der Waals surface area contributed by atoms with E-state index in [2.05, 4.69) is 30.1 Å². The Morgan fingerprint density at radius 1 is 1.16 bits per heavy atom. The number of fused-ring (bicyclic) bond motifs is 4. The molecular weight excluding hydrogens is 402 g/mol. The van der Waals surface area contributed by atoms with Crippen molar-refractivity contribution in [2.24, 2.45) is 17.3 Å². The minimum atomic E-state index is -0.192. The van der Waals surface area contributed by atoms with E-state index in [1.165, 1.54) is 0 Å². The fraction of sp³-hybridized carbons (Fsp3) is 0.444. The zero-order chi connectivity index (χ0) is 22.0. The number of hydrogen-bond donors (Lipinski definition) is 1. The summed E-state index contributed by atoms with van der Waals surface area (Å²) in [6.45, 7) is 2.24. The normalized spacial score (nSPS) is 34.0. The van der Waals surface area contributed by atoms with Crippen LogP contribution in [0.3, 0.4) is 0 Å². The maximum atomic E-state index is 13.4. The van der Waals surface area contributed by atoms with E-state index in [1.807, 2.05) is 18.3 Å². The summed E-state index contributed by atoms with van der Waals surface area (Å²) < 4.78 is 6.50. The van der Waals surface area contributed by atoms with Crippen molar-refractivity contribution in [2.75, 3.05) is 6.61 Å². The van der Waals surface area contributed by atoms with Crippen LogP contribution in [0.25, 0.3) is 10.8 Å². The van der Waals surface area contributed by atoms with Gasteiger partial charge >= 0.3 is 0 Å². The van der Waals surface area contributed by atoms with Gasteiger partial charge in [-0.3, -0.25) is 14.6 Å². The van der Waals surface area contributed by atoms with Crippen LogP contribution >= 0.6 is 0 Å². The highest BCUT2D eigenvalue weighted by Crippen LogP contribution is 2.60. The number of carbonyl (C=O) groups is 2. The second-order valence-corrected chi connectivity index (χ2v) is 10.2. The average molecular weight is 430 g/mol. The third kappa shape index (κ3) is 2.83. The van der Waals surface area contributed by atoms with Gasteiger partial charge in [-0.05, 0) is 58.9 Å². The molecule has 0 saturated heterocycles. The summed E-state index contributed by atoms with van der Waals surface area (Å²) >= 11 is 0. The third-order valence-electron chi connectivity index (χ3n) is 8.34. The van der Waals surface area contributed by atoms with Gasteiger partial charge in [0.1, 0.15) is 17.6 Å². The fourth-order valence-corrected chi connectivity index (χ4v) is 6.62. The van der Waals surface area contributed by atoms with E-state index >= 15 is 0 Å². The van der Waals surface area contributed by atoms with Crippen molar-refractivity contribution in [1.82, 2.24) is 4.98 Å². The smallest absolute Gasteiger partial charge is 0.166 e. The fourth-order valence-electron chi connectivity index (χ4n) is 6.62. The standard InChI is InChI=1S/C27H27NO4/c1-27-6-4-18-11-20-22(30)8-15(14-29)9-24(20)32-26(18)21(27)12-23(31)25(27)17-3-2-16-5-7-28-13-19(16)10-17/h2-3,5,7,10-11,13,15,21,25-26,29H,4,6,8-9,12,14H2,1H3/t15?,21-,25-,26+,27-/m0/s1. The number of ether oxygens (including phenoxy) is 1. The quantitative estimate of drug-likeness (QED) is 0.772. The Morgan fingerprint density at radius 2 is 2.03 bits per heavy atom. The van der Waals surface area contributed by atoms with Gasteiger partial charge in [0.15, 0.2) is 5.78 Å². The van der Waals surface area contributed by atoms with E-state index < -0.39 is 0 Å². The van der Waals surface area contributed by atoms with E-state index in [0.717, 1.165) is 34.8 Å². The first-order valence-electron chi connectivity index (χ1n) is 11.6. The van der Waals surface area contributed by atoms with Crippen LogP contribution < -0.4 is 0 Å². The second-order valence-electron chi connectivity index (χ2n) is 10.2. The second kappa shape index (κ2) is 7.11. The largest absolute Gasteiger partial charge is 0.489 e. The first-order chi connectivity index (χ1) is 15.5. The number of allylic oxidation sites excluding steroid dienone is 3. The van der Waals surface area contributed by atoms with E-state index in [0.29, 0.717) is 30.6 Å². The summed E-state index contributed by atoms with van der Waals surface area (Å²) in [5, 5.41) is 11.8. The van der Waals surface area contributed by atoms with Gasteiger partial charge in [0.25, 0.3) is 0 Å². The molecule has 32 heavy (non-hydrogen) atoms. The van der Waals surface area contributed by atoms with Gasteiger partial charge in [-0.25, -0.2) is 0 Å². The lowest BCUT2D eigenvalue weighted by Gasteiger charge is -2.47. The van der Waals surface area contributed by atoms with Gasteiger partial charge in [0.05, 0.1) is 5.57 Å². The van der Waals surface area contributed by atoms with Crippen LogP contribution in [0.1, 0.15) is 50.5 Å². The summed E-state index contributed by atoms with van der Waals surface area (Å²) in [6, 6.07) is 8.29. The number of pyridine rings is 1. The molecule has 6 rings (SSSR count). The Morgan fingerprint density at radius 3 is 2.88 bits per heavy atom. The summed E-state index contributed by atoms with van der Waals surface area (Å²) in [7, 11) is 0. The van der Waals surface area contributed by atoms with Crippen LogP contribution in [0.2, 0.25) is 0 Å². The Balaban J connectivity index is 1.36. The molecule has 5 heteroatoms. The first kappa shape index (κ1) is 19.9. The van der Waals surface area contributed by atoms with Crippen LogP contribution in [0.15, 0.2) is 59.6 Å². The molecule has 2 fully saturated rings. The van der Waals surface area contributed by atoms with E-state index in [9.17, 15) is 14.7 Å². The van der Waals surface area contributed by atoms with Crippen molar-refractivity contribution < 1.29 is 19.4 Å². The van der Waals surface area contributed by atoms with Crippen molar-refractivity contribution >= 4 is 22.3 Å². The van der Waals surface area contributed by atoms with Gasteiger partial charge < -0.3 is 9.84 Å². The molecule has 2 saturated carbocycles. The van der Waals surface area contributed by atoms with E-state index in [-0.39, 0.29) is 47.4 Å². The van der Waals surface area contributed by atoms with Crippen molar-refractivity contribution in [3.8, 4) is 0 Å². The maximum Gasteiger partial charge on any atom is 0.166 e. The van der Waals surface area contributed by atoms with Gasteiger partial charge in [-0.15, -0.1) is 0 Å². The molecule has 0 bridgehead atoms. The molecule has 3 aliphatic carbocycles. The molecule has 164 valence electrons. The highest BCUT2D eigenvalue weighted by molar-refractivity contribution is 6.00. The number of aliphatic hydroxyl groups is 1. The van der Waals surface area contributed by atoms with Gasteiger partial charge in [0.2, 0.25) is 0 Å². The van der Waals surface area contributed by atoms with Crippen LogP contribution in [0.5, 0.6) is 0 Å². The van der Waals surface area contributed by atoms with Gasteiger partial charge in [-0.2, -0.15) is 0 Å². The van der Waals surface area contributed by atoms with Crippen LogP contribution in [0, 0.1) is 17.3 Å². The van der Waals surface area contributed by atoms with Crippen molar-refractivity contribution in [1.29, 1.82) is 0 Å². The minimum absolute atomic E-state index is 0.00829. The summed E-state index contributed by atoms with van der Waals surface area (Å²) in [6.07, 6.45) is 8.74. The number of benzene rings is 1. The number of aromatic nitrogens is 1. The zero-order valence-electron chi connectivity index (χ0n) is 18.2. The lowest BCUT2D eigenvalue weighted by atomic mass is 9.61. The molecule has 0 radical (unpaired) electrons. The average Bonchev–Trinajstić information content (AvgIpc) is 3.08. The Hall–Kier alpha value is -2.79. The van der Waals surface area contributed by atoms with Gasteiger partial charge in [-0.1, -0.05) is 19.1 Å². The Bertz CT molecular complexity index is 1210. The Labute approximate surface area is 187 Å². The lowest BCUT2D eigenvalue weighted by molar-refractivity contribution is -0.120. The SMILES string of the molecule is C[C@]12CCC3=CC4=C(CC(CO)CC4=O)O[C@H]3[C@@H]1CC(=O)[C@@H]2c1ccc2ccncc2c1. The predicted molar refractivity (Wildman–Crippen MR) is 120 cm³/mol. The van der Waals surface area contributed by atoms with Crippen LogP contribution in [-0.4, -0.2) is 34.4 Å². The molecule has 5 nitrogen and oxygen atoms in total. The number of hydrogen-bond acceptors (Lipinski definition) is 5. The van der Waals surface area contributed by atoms with E-state index in [4.69, 9.17) is 4.74 Å². The highest BCUT2D eigenvalue weighted by atomic mass is 16.5. The molecule has 5 atom stereocenters. The summed E-state index contributed by atoms with van der Waals surface area (Å²) in [5.74, 6) is 0.911. The lowest BCUT2D eigenvalue weighted by Crippen LogP contribution is -2.44. The molecule has 1 unspecified atom stereocenters. The van der Waals surface area contributed by atoms with Crippen molar-refractivity contribution in [3.63, 3.8) is 0 Å². The molecule has 1 aliphatic heterocycles. The molecule has 1 N–H and O–H groups in total. The van der Waals surface area contributed by atoms with E-state index in [1.54, 1.807) is 6.20 Å². The van der Waals surface area contributed by atoms with Crippen LogP contribution in [-0.2, 0) is 14.3 Å². The Kier molecular flexibility index (Phi) is 4.41. The molecule has 4 aliphatic rings. The predicted octanol–water partition coefficient (Wildman–Crippen LogP) is 4.26. The molecule has 0 amide bonds. The third-order valence-corrected chi connectivity index (χ3v) is 8.34. The zero-order valence-corrected chi connectivity index (χ0v) is 18.2. The van der Waals surface area contributed by atoms with Crippen molar-refractivity contribution in [3.05, 3.63) is 65.2 Å². The number of ketones is 2. The highest BCUT2D eigenvalue weighted by Gasteiger charge is 2.58. The number of carbonyl (C=O) groups excluding carboxylic acids is 2. The first-order valence-corrected chi connectivity index (χ1v) is 11.6. The summed E-state index contributed by atoms with van der Waals surface area (Å²) in [4.78, 5) is 30.3. The summed E-state index contributed by atoms with van der Waals surface area (Å²) in [5.41, 5.74) is 2.71. The molecule has 1 aromatic carbocycles. The molecule has 0 spiro atoms. The molecular formula is C27H27NO4. The minimum Gasteiger partial charge on any atom is -0.489 e. The van der Waals surface area contributed by atoms with Crippen LogP contribution in [0.4, 0.5) is 0 Å². The molecule has 2 aromatic rings. The molecule has 2 heterocycles. The topological polar surface area (TPSA) is 76.5 Å². The number of Topliss-reactive ketones (excluding diaryl/α,β-unsaturated/α-hetero) is 2. The number of nitrogens with zero attached hydrogens (tertiary/aromatic N) is 1. The molecule has 1 aromatic heterocycles. The number of rotatable bonds is 2. The number of aliphatic hydroxyl groups excluding tert-OH is 1. The maximum absolute atomic E-state index is 13.4. The monoisotopic (exact) mass is 429 g/mol. The van der Waals surface area contributed by atoms with Crippen molar-refractivity contribution in [2.45, 2.75) is 51.0 Å².